The Morgan fingerprint density at radius 3 is 2.64 bits per heavy atom. The van der Waals surface area contributed by atoms with E-state index >= 15 is 0 Å². The van der Waals surface area contributed by atoms with Gasteiger partial charge in [0.05, 0.1) is 18.2 Å². The Balaban J connectivity index is 2.06. The number of carbonyl (C=O) groups is 1. The number of aromatic nitrogens is 2. The Morgan fingerprint density at radius 2 is 1.95 bits per heavy atom. The maximum absolute atomic E-state index is 11.1. The van der Waals surface area contributed by atoms with E-state index < -0.39 is 5.97 Å². The molecule has 0 radical (unpaired) electrons. The summed E-state index contributed by atoms with van der Waals surface area (Å²) in [5.41, 5.74) is 1.37. The zero-order valence-electron chi connectivity index (χ0n) is 11.7. The maximum atomic E-state index is 11.1. The molecule has 0 aliphatic rings. The Bertz CT molecular complexity index is 812. The van der Waals surface area contributed by atoms with Gasteiger partial charge in [-0.25, -0.2) is 4.79 Å². The van der Waals surface area contributed by atoms with Crippen LogP contribution in [0.15, 0.2) is 53.1 Å². The molecule has 1 N–H and O–H groups in total. The Morgan fingerprint density at radius 1 is 1.18 bits per heavy atom. The second-order valence-electron chi connectivity index (χ2n) is 4.51. The van der Waals surface area contributed by atoms with Gasteiger partial charge >= 0.3 is 5.97 Å². The van der Waals surface area contributed by atoms with Crippen LogP contribution in [-0.4, -0.2) is 28.3 Å². The predicted molar refractivity (Wildman–Crippen MR) is 78.7 cm³/mol. The van der Waals surface area contributed by atoms with Gasteiger partial charge in [-0.05, 0) is 18.2 Å². The predicted octanol–water partition coefficient (Wildman–Crippen LogP) is 3.11. The van der Waals surface area contributed by atoms with Crippen LogP contribution < -0.4 is 4.74 Å². The molecule has 1 aromatic heterocycles. The molecule has 3 aromatic rings. The Kier molecular flexibility index (Phi) is 3.57. The Hall–Kier alpha value is -3.15. The smallest absolute Gasteiger partial charge is 0.335 e. The van der Waals surface area contributed by atoms with E-state index in [1.807, 2.05) is 30.3 Å². The van der Waals surface area contributed by atoms with Crippen molar-refractivity contribution >= 4 is 5.97 Å². The van der Waals surface area contributed by atoms with Crippen LogP contribution in [0.3, 0.4) is 0 Å². The van der Waals surface area contributed by atoms with E-state index in [2.05, 4.69) is 10.1 Å². The first-order valence-electron chi connectivity index (χ1n) is 6.50. The number of rotatable bonds is 4. The molecule has 0 saturated carbocycles. The minimum atomic E-state index is -1.04. The van der Waals surface area contributed by atoms with Crippen molar-refractivity contribution in [1.29, 1.82) is 0 Å². The summed E-state index contributed by atoms with van der Waals surface area (Å²) in [5, 5.41) is 13.0. The largest absolute Gasteiger partial charge is 0.496 e. The summed E-state index contributed by atoms with van der Waals surface area (Å²) < 4.78 is 10.5. The molecule has 6 heteroatoms. The lowest BCUT2D eigenvalue weighted by atomic mass is 10.1. The molecule has 1 heterocycles. The zero-order valence-corrected chi connectivity index (χ0v) is 11.7. The highest BCUT2D eigenvalue weighted by atomic mass is 16.5. The van der Waals surface area contributed by atoms with E-state index in [0.717, 1.165) is 5.56 Å². The van der Waals surface area contributed by atoms with E-state index in [0.29, 0.717) is 17.1 Å². The van der Waals surface area contributed by atoms with Gasteiger partial charge in [0, 0.05) is 5.56 Å². The van der Waals surface area contributed by atoms with Gasteiger partial charge in [-0.3, -0.25) is 0 Å². The summed E-state index contributed by atoms with van der Waals surface area (Å²) in [6.45, 7) is 0. The normalized spacial score (nSPS) is 10.4. The van der Waals surface area contributed by atoms with Crippen molar-refractivity contribution in [2.45, 2.75) is 0 Å². The van der Waals surface area contributed by atoms with Crippen molar-refractivity contribution in [3.8, 4) is 28.6 Å². The van der Waals surface area contributed by atoms with Crippen molar-refractivity contribution in [2.75, 3.05) is 7.11 Å². The molecule has 0 aliphatic carbocycles. The molecule has 0 aliphatic heterocycles. The lowest BCUT2D eigenvalue weighted by Gasteiger charge is -2.05. The highest BCUT2D eigenvalue weighted by molar-refractivity contribution is 5.89. The number of hydrogen-bond donors (Lipinski definition) is 1. The Labute approximate surface area is 126 Å². The third-order valence-electron chi connectivity index (χ3n) is 3.13. The fourth-order valence-corrected chi connectivity index (χ4v) is 2.05. The lowest BCUT2D eigenvalue weighted by molar-refractivity contribution is 0.0697. The molecule has 0 spiro atoms. The van der Waals surface area contributed by atoms with E-state index in [4.69, 9.17) is 14.4 Å². The SMILES string of the molecule is COc1ccc(C(=O)O)cc1-c1nc(-c2ccccc2)no1. The van der Waals surface area contributed by atoms with E-state index in [-0.39, 0.29) is 11.5 Å². The molecule has 6 nitrogen and oxygen atoms in total. The van der Waals surface area contributed by atoms with Crippen LogP contribution in [-0.2, 0) is 0 Å². The summed E-state index contributed by atoms with van der Waals surface area (Å²) in [6.07, 6.45) is 0. The van der Waals surface area contributed by atoms with Crippen LogP contribution in [0.2, 0.25) is 0 Å². The number of nitrogens with zero attached hydrogens (tertiary/aromatic N) is 2. The van der Waals surface area contributed by atoms with Gasteiger partial charge in [-0.2, -0.15) is 4.98 Å². The molecule has 0 fully saturated rings. The second-order valence-corrected chi connectivity index (χ2v) is 4.51. The second kappa shape index (κ2) is 5.69. The minimum absolute atomic E-state index is 0.121. The van der Waals surface area contributed by atoms with Crippen LogP contribution in [0.5, 0.6) is 5.75 Å². The highest BCUT2D eigenvalue weighted by Gasteiger charge is 2.17. The monoisotopic (exact) mass is 296 g/mol. The molecule has 0 saturated heterocycles. The van der Waals surface area contributed by atoms with Crippen LogP contribution in [0.4, 0.5) is 0 Å². The summed E-state index contributed by atoms with van der Waals surface area (Å²) in [5.74, 6) is 0.0668. The van der Waals surface area contributed by atoms with Gasteiger partial charge in [0.15, 0.2) is 0 Å². The average Bonchev–Trinajstić information content (AvgIpc) is 3.05. The topological polar surface area (TPSA) is 85.5 Å². The number of aromatic carboxylic acids is 1. The summed E-state index contributed by atoms with van der Waals surface area (Å²) in [7, 11) is 1.49. The van der Waals surface area contributed by atoms with E-state index in [1.165, 1.54) is 19.2 Å². The summed E-state index contributed by atoms with van der Waals surface area (Å²) in [4.78, 5) is 15.4. The molecule has 22 heavy (non-hydrogen) atoms. The quantitative estimate of drug-likeness (QED) is 0.796. The van der Waals surface area contributed by atoms with Gasteiger partial charge in [0.1, 0.15) is 5.75 Å². The van der Waals surface area contributed by atoms with Gasteiger partial charge in [0.25, 0.3) is 5.89 Å². The van der Waals surface area contributed by atoms with Crippen molar-refractivity contribution in [1.82, 2.24) is 10.1 Å². The molecule has 0 atom stereocenters. The molecule has 110 valence electrons. The number of benzene rings is 2. The highest BCUT2D eigenvalue weighted by Crippen LogP contribution is 2.31. The first-order valence-corrected chi connectivity index (χ1v) is 6.50. The summed E-state index contributed by atoms with van der Waals surface area (Å²) in [6, 6.07) is 13.8. The molecule has 3 rings (SSSR count). The van der Waals surface area contributed by atoms with Crippen molar-refractivity contribution < 1.29 is 19.2 Å². The zero-order chi connectivity index (χ0) is 15.5. The van der Waals surface area contributed by atoms with Gasteiger partial charge in [0.2, 0.25) is 5.82 Å². The fraction of sp³-hybridized carbons (Fsp3) is 0.0625. The molecule has 0 unspecified atom stereocenters. The van der Waals surface area contributed by atoms with Gasteiger partial charge < -0.3 is 14.4 Å². The van der Waals surface area contributed by atoms with Gasteiger partial charge in [-0.1, -0.05) is 35.5 Å². The van der Waals surface area contributed by atoms with E-state index in [9.17, 15) is 4.79 Å². The number of carboxylic acid groups (broad SMARTS) is 1. The first-order chi connectivity index (χ1) is 10.7. The first kappa shape index (κ1) is 13.8. The third-order valence-corrected chi connectivity index (χ3v) is 3.13. The standard InChI is InChI=1S/C16H12N2O4/c1-21-13-8-7-11(16(19)20)9-12(13)15-17-14(18-22-15)10-5-3-2-4-6-10/h2-9H,1H3,(H,19,20). The summed E-state index contributed by atoms with van der Waals surface area (Å²) >= 11 is 0. The number of hydrogen-bond acceptors (Lipinski definition) is 5. The molecule has 0 amide bonds. The maximum Gasteiger partial charge on any atom is 0.335 e. The van der Waals surface area contributed by atoms with Crippen LogP contribution in [0.1, 0.15) is 10.4 Å². The van der Waals surface area contributed by atoms with E-state index in [1.54, 1.807) is 6.07 Å². The minimum Gasteiger partial charge on any atom is -0.496 e. The number of ether oxygens (including phenoxy) is 1. The van der Waals surface area contributed by atoms with Crippen molar-refractivity contribution in [2.24, 2.45) is 0 Å². The third kappa shape index (κ3) is 2.54. The molecular formula is C16H12N2O4. The molecule has 2 aromatic carbocycles. The van der Waals surface area contributed by atoms with Crippen molar-refractivity contribution in [3.63, 3.8) is 0 Å². The molecular weight excluding hydrogens is 284 g/mol. The average molecular weight is 296 g/mol. The van der Waals surface area contributed by atoms with Crippen LogP contribution in [0.25, 0.3) is 22.8 Å². The number of methoxy groups -OCH3 is 1. The van der Waals surface area contributed by atoms with Crippen molar-refractivity contribution in [3.05, 3.63) is 54.1 Å². The van der Waals surface area contributed by atoms with Crippen LogP contribution in [0, 0.1) is 0 Å². The lowest BCUT2D eigenvalue weighted by Crippen LogP contribution is -1.98. The fourth-order valence-electron chi connectivity index (χ4n) is 2.05. The molecule has 0 bridgehead atoms. The number of carboxylic acids is 1. The van der Waals surface area contributed by atoms with Gasteiger partial charge in [-0.15, -0.1) is 0 Å². The van der Waals surface area contributed by atoms with Crippen LogP contribution >= 0.6 is 0 Å².